The molecule has 2 N–H and O–H groups in total. The third-order valence-electron chi connectivity index (χ3n) is 4.34. The summed E-state index contributed by atoms with van der Waals surface area (Å²) in [5.41, 5.74) is 2.49. The van der Waals surface area contributed by atoms with Gasteiger partial charge >= 0.3 is 0 Å². The van der Waals surface area contributed by atoms with Gasteiger partial charge in [0.05, 0.1) is 17.8 Å². The normalized spacial score (nSPS) is 13.0. The molecule has 7 nitrogen and oxygen atoms in total. The van der Waals surface area contributed by atoms with Crippen LogP contribution in [0.1, 0.15) is 33.2 Å². The number of anilines is 2. The number of Topliss-reactive ketones (excluding diaryl/α,β-unsaturated/α-hetero) is 1. The van der Waals surface area contributed by atoms with E-state index in [1.54, 1.807) is 56.4 Å². The molecule has 2 aromatic rings. The molecule has 3 amide bonds. The van der Waals surface area contributed by atoms with Crippen molar-refractivity contribution >= 4 is 34.9 Å². The molecule has 2 aromatic carbocycles. The van der Waals surface area contributed by atoms with E-state index < -0.39 is 11.7 Å². The van der Waals surface area contributed by atoms with E-state index in [1.165, 1.54) is 17.0 Å². The van der Waals surface area contributed by atoms with E-state index in [1.807, 2.05) is 0 Å². The molecule has 1 aliphatic heterocycles. The summed E-state index contributed by atoms with van der Waals surface area (Å²) in [6.07, 6.45) is 2.98. The maximum Gasteiger partial charge on any atom is 0.299 e. The molecule has 0 radical (unpaired) electrons. The molecule has 1 aliphatic rings. The van der Waals surface area contributed by atoms with Gasteiger partial charge in [-0.15, -0.1) is 0 Å². The zero-order valence-electron chi connectivity index (χ0n) is 15.5. The number of carbonyl (C=O) groups excluding carboxylic acids is 4. The molecule has 28 heavy (non-hydrogen) atoms. The van der Waals surface area contributed by atoms with Crippen molar-refractivity contribution in [3.8, 4) is 0 Å². The predicted octanol–water partition coefficient (Wildman–Crippen LogP) is 2.29. The largest absolute Gasteiger partial charge is 0.355 e. The number of ketones is 1. The second-order valence-corrected chi connectivity index (χ2v) is 6.22. The average molecular weight is 377 g/mol. The highest BCUT2D eigenvalue weighted by molar-refractivity contribution is 6.52. The Morgan fingerprint density at radius 1 is 1.07 bits per heavy atom. The SMILES string of the molecule is CC=CC(=O)Nc1ccc2c(c1)C(=O)C(=O)N2Cc1ccc(C(=O)NC)cc1. The Morgan fingerprint density at radius 2 is 1.79 bits per heavy atom. The average Bonchev–Trinajstić information content (AvgIpc) is 2.92. The molecule has 3 rings (SSSR count). The topological polar surface area (TPSA) is 95.6 Å². The summed E-state index contributed by atoms with van der Waals surface area (Å²) in [6.45, 7) is 1.93. The van der Waals surface area contributed by atoms with Crippen LogP contribution in [0.25, 0.3) is 0 Å². The first-order chi connectivity index (χ1) is 13.4. The number of allylic oxidation sites excluding steroid dienone is 1. The Morgan fingerprint density at radius 3 is 2.43 bits per heavy atom. The van der Waals surface area contributed by atoms with Crippen LogP contribution in [0.3, 0.4) is 0 Å². The molecular formula is C21H19N3O4. The Bertz CT molecular complexity index is 993. The second kappa shape index (κ2) is 7.87. The highest BCUT2D eigenvalue weighted by atomic mass is 16.2. The second-order valence-electron chi connectivity index (χ2n) is 6.22. The Kier molecular flexibility index (Phi) is 5.35. The lowest BCUT2D eigenvalue weighted by atomic mass is 10.1. The lowest BCUT2D eigenvalue weighted by molar-refractivity contribution is -0.114. The summed E-state index contributed by atoms with van der Waals surface area (Å²) in [5, 5.41) is 5.19. The molecule has 0 saturated carbocycles. The van der Waals surface area contributed by atoms with Gasteiger partial charge in [-0.25, -0.2) is 0 Å². The minimum atomic E-state index is -0.623. The lowest BCUT2D eigenvalue weighted by Crippen LogP contribution is -2.29. The van der Waals surface area contributed by atoms with Gasteiger partial charge in [0.1, 0.15) is 0 Å². The number of fused-ring (bicyclic) bond motifs is 1. The fraction of sp³-hybridized carbons (Fsp3) is 0.143. The number of amides is 3. The van der Waals surface area contributed by atoms with Crippen LogP contribution in [0.4, 0.5) is 11.4 Å². The number of hydrogen-bond acceptors (Lipinski definition) is 4. The van der Waals surface area contributed by atoms with E-state index in [4.69, 9.17) is 0 Å². The molecule has 0 atom stereocenters. The summed E-state index contributed by atoms with van der Waals surface area (Å²) in [5.74, 6) is -1.74. The van der Waals surface area contributed by atoms with Crippen LogP contribution in [-0.4, -0.2) is 30.6 Å². The smallest absolute Gasteiger partial charge is 0.299 e. The molecule has 0 saturated heterocycles. The van der Waals surface area contributed by atoms with Gasteiger partial charge in [0.2, 0.25) is 5.91 Å². The van der Waals surface area contributed by atoms with Crippen molar-refractivity contribution in [2.75, 3.05) is 17.3 Å². The van der Waals surface area contributed by atoms with E-state index in [0.29, 0.717) is 16.9 Å². The maximum absolute atomic E-state index is 12.4. The molecule has 0 unspecified atom stereocenters. The first-order valence-electron chi connectivity index (χ1n) is 8.69. The maximum atomic E-state index is 12.4. The first kappa shape index (κ1) is 19.0. The molecule has 0 aliphatic carbocycles. The molecular weight excluding hydrogens is 358 g/mol. The van der Waals surface area contributed by atoms with Gasteiger partial charge in [-0.2, -0.15) is 0 Å². The fourth-order valence-electron chi connectivity index (χ4n) is 2.96. The summed E-state index contributed by atoms with van der Waals surface area (Å²) >= 11 is 0. The monoisotopic (exact) mass is 377 g/mol. The van der Waals surface area contributed by atoms with Crippen molar-refractivity contribution < 1.29 is 19.2 Å². The molecule has 142 valence electrons. The molecule has 0 bridgehead atoms. The number of rotatable bonds is 5. The van der Waals surface area contributed by atoms with Crippen molar-refractivity contribution in [2.24, 2.45) is 0 Å². The highest BCUT2D eigenvalue weighted by Crippen LogP contribution is 2.32. The van der Waals surface area contributed by atoms with Crippen molar-refractivity contribution in [3.05, 3.63) is 71.3 Å². The zero-order valence-corrected chi connectivity index (χ0v) is 15.5. The number of benzene rings is 2. The summed E-state index contributed by atoms with van der Waals surface area (Å²) in [4.78, 5) is 49.5. The van der Waals surface area contributed by atoms with Crippen LogP contribution in [0.5, 0.6) is 0 Å². The first-order valence-corrected chi connectivity index (χ1v) is 8.69. The van der Waals surface area contributed by atoms with Crippen LogP contribution in [0.15, 0.2) is 54.6 Å². The van der Waals surface area contributed by atoms with Gasteiger partial charge in [-0.3, -0.25) is 19.2 Å². The molecule has 0 spiro atoms. The van der Waals surface area contributed by atoms with E-state index in [9.17, 15) is 19.2 Å². The van der Waals surface area contributed by atoms with Gasteiger partial charge < -0.3 is 15.5 Å². The number of carbonyl (C=O) groups is 4. The lowest BCUT2D eigenvalue weighted by Gasteiger charge is -2.17. The Balaban J connectivity index is 1.83. The van der Waals surface area contributed by atoms with Crippen LogP contribution in [0, 0.1) is 0 Å². The van der Waals surface area contributed by atoms with Gasteiger partial charge in [-0.1, -0.05) is 18.2 Å². The molecule has 0 fully saturated rings. The predicted molar refractivity (Wildman–Crippen MR) is 105 cm³/mol. The van der Waals surface area contributed by atoms with Gasteiger partial charge in [0.15, 0.2) is 0 Å². The summed E-state index contributed by atoms with van der Waals surface area (Å²) < 4.78 is 0. The quantitative estimate of drug-likeness (QED) is 0.617. The molecule has 7 heteroatoms. The van der Waals surface area contributed by atoms with Gasteiger partial charge in [0.25, 0.3) is 17.6 Å². The third kappa shape index (κ3) is 3.68. The van der Waals surface area contributed by atoms with Gasteiger partial charge in [0, 0.05) is 18.3 Å². The van der Waals surface area contributed by atoms with Crippen LogP contribution in [-0.2, 0) is 16.1 Å². The summed E-state index contributed by atoms with van der Waals surface area (Å²) in [6, 6.07) is 11.6. The fourth-order valence-corrected chi connectivity index (χ4v) is 2.96. The number of hydrogen-bond donors (Lipinski definition) is 2. The van der Waals surface area contributed by atoms with Crippen LogP contribution >= 0.6 is 0 Å². The van der Waals surface area contributed by atoms with E-state index >= 15 is 0 Å². The minimum Gasteiger partial charge on any atom is -0.355 e. The Hall–Kier alpha value is -3.74. The number of nitrogens with zero attached hydrogens (tertiary/aromatic N) is 1. The van der Waals surface area contributed by atoms with Crippen molar-refractivity contribution in [1.82, 2.24) is 5.32 Å². The summed E-state index contributed by atoms with van der Waals surface area (Å²) in [7, 11) is 1.55. The van der Waals surface area contributed by atoms with E-state index in [2.05, 4.69) is 10.6 Å². The van der Waals surface area contributed by atoms with Crippen molar-refractivity contribution in [3.63, 3.8) is 0 Å². The number of nitrogens with one attached hydrogen (secondary N) is 2. The molecule has 0 aromatic heterocycles. The van der Waals surface area contributed by atoms with E-state index in [0.717, 1.165) is 5.56 Å². The zero-order chi connectivity index (χ0) is 20.3. The minimum absolute atomic E-state index is 0.197. The van der Waals surface area contributed by atoms with Gasteiger partial charge in [-0.05, 0) is 48.9 Å². The Labute approximate surface area is 162 Å². The highest BCUT2D eigenvalue weighted by Gasteiger charge is 2.36. The van der Waals surface area contributed by atoms with Crippen LogP contribution in [0.2, 0.25) is 0 Å². The van der Waals surface area contributed by atoms with E-state index in [-0.39, 0.29) is 23.9 Å². The molecule has 1 heterocycles. The van der Waals surface area contributed by atoms with Crippen molar-refractivity contribution in [1.29, 1.82) is 0 Å². The standard InChI is InChI=1S/C21H19N3O4/c1-3-4-18(25)23-15-9-10-17-16(11-15)19(26)21(28)24(17)12-13-5-7-14(8-6-13)20(27)22-2/h3-11H,12H2,1-2H3,(H,22,27)(H,23,25). The van der Waals surface area contributed by atoms with Crippen LogP contribution < -0.4 is 15.5 Å². The van der Waals surface area contributed by atoms with Crippen molar-refractivity contribution in [2.45, 2.75) is 13.5 Å². The third-order valence-corrected chi connectivity index (χ3v) is 4.34.